The van der Waals surface area contributed by atoms with Gasteiger partial charge in [-0.2, -0.15) is 0 Å². The minimum Gasteiger partial charge on any atom is -0.497 e. The summed E-state index contributed by atoms with van der Waals surface area (Å²) < 4.78 is 5.20. The van der Waals surface area contributed by atoms with Gasteiger partial charge in [-0.25, -0.2) is 0 Å². The molecule has 1 fully saturated rings. The van der Waals surface area contributed by atoms with Crippen LogP contribution in [0, 0.1) is 0 Å². The molecule has 1 aromatic rings. The average Bonchev–Trinajstić information content (AvgIpc) is 2.45. The molecule has 1 aliphatic rings. The van der Waals surface area contributed by atoms with Crippen LogP contribution in [0.1, 0.15) is 31.7 Å². The van der Waals surface area contributed by atoms with Gasteiger partial charge in [0.15, 0.2) is 0 Å². The number of carbonyl (C=O) groups is 1. The highest BCUT2D eigenvalue weighted by Crippen LogP contribution is 2.19. The van der Waals surface area contributed by atoms with Crippen LogP contribution >= 0.6 is 0 Å². The van der Waals surface area contributed by atoms with E-state index in [0.717, 1.165) is 37.1 Å². The number of hydrogen-bond acceptors (Lipinski definition) is 3. The molecule has 0 radical (unpaired) electrons. The summed E-state index contributed by atoms with van der Waals surface area (Å²) in [6.07, 6.45) is 3.12. The Bertz CT molecular complexity index is 462. The molecular weight excluding hydrogens is 252 g/mol. The van der Waals surface area contributed by atoms with Gasteiger partial charge in [0.05, 0.1) is 7.11 Å². The standard InChI is InChI=1S/C16H24N2O2/c1-12-10-14(17)8-9-18(12)16(19)7-6-13-4-3-5-15(11-13)20-2/h3-5,11-12,14H,6-10,17H2,1-2H3/t12-,14+/m0/s1. The van der Waals surface area contributed by atoms with Crippen molar-refractivity contribution in [3.05, 3.63) is 29.8 Å². The molecule has 1 heterocycles. The minimum absolute atomic E-state index is 0.229. The monoisotopic (exact) mass is 276 g/mol. The zero-order valence-electron chi connectivity index (χ0n) is 12.3. The van der Waals surface area contributed by atoms with E-state index in [1.54, 1.807) is 7.11 Å². The molecule has 2 rings (SSSR count). The van der Waals surface area contributed by atoms with E-state index in [9.17, 15) is 4.79 Å². The molecule has 1 aliphatic heterocycles. The highest BCUT2D eigenvalue weighted by atomic mass is 16.5. The van der Waals surface area contributed by atoms with Crippen LogP contribution in [0.3, 0.4) is 0 Å². The van der Waals surface area contributed by atoms with Gasteiger partial charge in [-0.05, 0) is 43.9 Å². The van der Waals surface area contributed by atoms with Crippen molar-refractivity contribution in [1.29, 1.82) is 0 Å². The zero-order chi connectivity index (χ0) is 14.5. The fourth-order valence-corrected chi connectivity index (χ4v) is 2.80. The number of benzene rings is 1. The second kappa shape index (κ2) is 6.75. The van der Waals surface area contributed by atoms with Crippen LogP contribution in [0.25, 0.3) is 0 Å². The summed E-state index contributed by atoms with van der Waals surface area (Å²) in [6, 6.07) is 8.40. The van der Waals surface area contributed by atoms with Gasteiger partial charge in [0.25, 0.3) is 0 Å². The molecule has 1 aromatic carbocycles. The highest BCUT2D eigenvalue weighted by Gasteiger charge is 2.26. The Hall–Kier alpha value is -1.55. The maximum atomic E-state index is 12.3. The van der Waals surface area contributed by atoms with E-state index in [4.69, 9.17) is 10.5 Å². The van der Waals surface area contributed by atoms with E-state index in [1.165, 1.54) is 0 Å². The van der Waals surface area contributed by atoms with Gasteiger partial charge < -0.3 is 15.4 Å². The van der Waals surface area contributed by atoms with Crippen molar-refractivity contribution in [3.8, 4) is 5.75 Å². The topological polar surface area (TPSA) is 55.6 Å². The van der Waals surface area contributed by atoms with Gasteiger partial charge in [0, 0.05) is 25.0 Å². The summed E-state index contributed by atoms with van der Waals surface area (Å²) in [5.41, 5.74) is 7.07. The number of nitrogens with zero attached hydrogens (tertiary/aromatic N) is 1. The van der Waals surface area contributed by atoms with Crippen LogP contribution in [0.2, 0.25) is 0 Å². The Kier molecular flexibility index (Phi) is 5.01. The molecule has 4 nitrogen and oxygen atoms in total. The smallest absolute Gasteiger partial charge is 0.223 e. The summed E-state index contributed by atoms with van der Waals surface area (Å²) in [6.45, 7) is 2.88. The van der Waals surface area contributed by atoms with Gasteiger partial charge in [-0.1, -0.05) is 12.1 Å². The number of amides is 1. The predicted octanol–water partition coefficient (Wildman–Crippen LogP) is 1.97. The van der Waals surface area contributed by atoms with E-state index in [1.807, 2.05) is 29.2 Å². The average molecular weight is 276 g/mol. The number of likely N-dealkylation sites (tertiary alicyclic amines) is 1. The van der Waals surface area contributed by atoms with Crippen molar-refractivity contribution in [3.63, 3.8) is 0 Å². The van der Waals surface area contributed by atoms with E-state index in [0.29, 0.717) is 6.42 Å². The fraction of sp³-hybridized carbons (Fsp3) is 0.562. The molecule has 1 saturated heterocycles. The first kappa shape index (κ1) is 14.9. The largest absolute Gasteiger partial charge is 0.497 e. The Labute approximate surface area is 120 Å². The van der Waals surface area contributed by atoms with Gasteiger partial charge in [-0.15, -0.1) is 0 Å². The molecule has 0 unspecified atom stereocenters. The van der Waals surface area contributed by atoms with Crippen molar-refractivity contribution < 1.29 is 9.53 Å². The molecule has 2 N–H and O–H groups in total. The number of piperidine rings is 1. The lowest BCUT2D eigenvalue weighted by atomic mass is 9.98. The minimum atomic E-state index is 0.229. The first-order valence-electron chi connectivity index (χ1n) is 7.28. The third-order valence-electron chi connectivity index (χ3n) is 4.00. The summed E-state index contributed by atoms with van der Waals surface area (Å²) in [4.78, 5) is 14.3. The van der Waals surface area contributed by atoms with Crippen LogP contribution in [0.5, 0.6) is 5.75 Å². The van der Waals surface area contributed by atoms with Gasteiger partial charge in [0.1, 0.15) is 5.75 Å². The second-order valence-corrected chi connectivity index (χ2v) is 5.57. The molecule has 20 heavy (non-hydrogen) atoms. The molecule has 0 bridgehead atoms. The van der Waals surface area contributed by atoms with Crippen molar-refractivity contribution in [2.75, 3.05) is 13.7 Å². The number of nitrogens with two attached hydrogens (primary N) is 1. The Morgan fingerprint density at radius 3 is 3.00 bits per heavy atom. The maximum absolute atomic E-state index is 12.3. The summed E-state index contributed by atoms with van der Waals surface area (Å²) in [7, 11) is 1.66. The molecule has 2 atom stereocenters. The number of aryl methyl sites for hydroxylation is 1. The molecule has 0 spiro atoms. The fourth-order valence-electron chi connectivity index (χ4n) is 2.80. The Morgan fingerprint density at radius 1 is 1.50 bits per heavy atom. The molecular formula is C16H24N2O2. The lowest BCUT2D eigenvalue weighted by Gasteiger charge is -2.36. The normalized spacial score (nSPS) is 22.6. The Morgan fingerprint density at radius 2 is 2.30 bits per heavy atom. The van der Waals surface area contributed by atoms with Crippen LogP contribution < -0.4 is 10.5 Å². The van der Waals surface area contributed by atoms with E-state index >= 15 is 0 Å². The summed E-state index contributed by atoms with van der Waals surface area (Å²) in [5, 5.41) is 0. The lowest BCUT2D eigenvalue weighted by molar-refractivity contribution is -0.134. The third-order valence-corrected chi connectivity index (χ3v) is 4.00. The SMILES string of the molecule is COc1cccc(CCC(=O)N2CC[C@@H](N)C[C@@H]2C)c1. The highest BCUT2D eigenvalue weighted by molar-refractivity contribution is 5.77. The lowest BCUT2D eigenvalue weighted by Crippen LogP contribution is -2.48. The molecule has 0 aromatic heterocycles. The number of carbonyl (C=O) groups excluding carboxylic acids is 1. The number of ether oxygens (including phenoxy) is 1. The summed E-state index contributed by atoms with van der Waals surface area (Å²) >= 11 is 0. The second-order valence-electron chi connectivity index (χ2n) is 5.57. The van der Waals surface area contributed by atoms with Gasteiger partial charge in [-0.3, -0.25) is 4.79 Å². The van der Waals surface area contributed by atoms with Gasteiger partial charge >= 0.3 is 0 Å². The predicted molar refractivity (Wildman–Crippen MR) is 79.7 cm³/mol. The van der Waals surface area contributed by atoms with E-state index in [-0.39, 0.29) is 18.0 Å². The van der Waals surface area contributed by atoms with Crippen LogP contribution in [0.4, 0.5) is 0 Å². The van der Waals surface area contributed by atoms with Crippen LogP contribution in [0.15, 0.2) is 24.3 Å². The first-order chi connectivity index (χ1) is 9.60. The molecule has 0 aliphatic carbocycles. The molecule has 4 heteroatoms. The van der Waals surface area contributed by atoms with Crippen molar-refractivity contribution in [2.24, 2.45) is 5.73 Å². The summed E-state index contributed by atoms with van der Waals surface area (Å²) in [5.74, 6) is 1.07. The number of hydrogen-bond donors (Lipinski definition) is 1. The molecule has 1 amide bonds. The van der Waals surface area contributed by atoms with Gasteiger partial charge in [0.2, 0.25) is 5.91 Å². The third kappa shape index (κ3) is 3.73. The zero-order valence-corrected chi connectivity index (χ0v) is 12.3. The Balaban J connectivity index is 1.88. The molecule has 110 valence electrons. The maximum Gasteiger partial charge on any atom is 0.223 e. The quantitative estimate of drug-likeness (QED) is 0.914. The van der Waals surface area contributed by atoms with Crippen molar-refractivity contribution in [2.45, 2.75) is 44.7 Å². The van der Waals surface area contributed by atoms with Crippen LogP contribution in [-0.2, 0) is 11.2 Å². The van der Waals surface area contributed by atoms with E-state index in [2.05, 4.69) is 6.92 Å². The number of rotatable bonds is 4. The van der Waals surface area contributed by atoms with Crippen molar-refractivity contribution >= 4 is 5.91 Å². The van der Waals surface area contributed by atoms with Crippen LogP contribution in [-0.4, -0.2) is 36.5 Å². The molecule has 0 saturated carbocycles. The number of methoxy groups -OCH3 is 1. The first-order valence-corrected chi connectivity index (χ1v) is 7.28. The van der Waals surface area contributed by atoms with Crippen molar-refractivity contribution in [1.82, 2.24) is 4.90 Å². The van der Waals surface area contributed by atoms with E-state index < -0.39 is 0 Å².